The van der Waals surface area contributed by atoms with Gasteiger partial charge in [-0.1, -0.05) is 42.8 Å². The lowest BCUT2D eigenvalue weighted by molar-refractivity contribution is -0.384. The van der Waals surface area contributed by atoms with Crippen LogP contribution < -0.4 is 10.0 Å². The number of nitrogens with one attached hydrogen (secondary N) is 2. The van der Waals surface area contributed by atoms with Crippen LogP contribution in [0.5, 0.6) is 0 Å². The van der Waals surface area contributed by atoms with Gasteiger partial charge in [0.25, 0.3) is 15.7 Å². The summed E-state index contributed by atoms with van der Waals surface area (Å²) >= 11 is 1.64. The number of carbonyl (C=O) groups excluding carboxylic acids is 1. The normalized spacial score (nSPS) is 14.1. The van der Waals surface area contributed by atoms with E-state index in [4.69, 9.17) is 0 Å². The molecule has 4 rings (SSSR count). The van der Waals surface area contributed by atoms with Crippen molar-refractivity contribution in [2.75, 3.05) is 44.8 Å². The third-order valence-electron chi connectivity index (χ3n) is 7.37. The number of rotatable bonds is 14. The number of urea groups is 1. The van der Waals surface area contributed by atoms with E-state index in [9.17, 15) is 27.7 Å². The van der Waals surface area contributed by atoms with Crippen LogP contribution in [0.2, 0.25) is 0 Å². The molecular weight excluding hydrogens is 618 g/mol. The number of nitro groups is 1. The number of nitro benzene ring substituents is 1. The minimum Gasteiger partial charge on any atom is -0.376 e. The third kappa shape index (κ3) is 10.0. The van der Waals surface area contributed by atoms with Crippen molar-refractivity contribution >= 4 is 44.8 Å². The molecule has 0 saturated heterocycles. The first-order chi connectivity index (χ1) is 21.5. The molecule has 0 radical (unpaired) electrons. The Bertz CT molecular complexity index is 1600. The number of nitrogens with zero attached hydrogens (tertiary/aromatic N) is 3. The molecule has 0 unspecified atom stereocenters. The first-order valence-electron chi connectivity index (χ1n) is 14.7. The monoisotopic (exact) mass is 655 g/mol. The number of hydrogen-bond donors (Lipinski definition) is 2. The van der Waals surface area contributed by atoms with Crippen LogP contribution in [-0.4, -0.2) is 74.7 Å². The van der Waals surface area contributed by atoms with E-state index in [1.807, 2.05) is 49.1 Å². The van der Waals surface area contributed by atoms with Crippen molar-refractivity contribution < 1.29 is 22.5 Å². The first kappa shape index (κ1) is 33.9. The predicted molar refractivity (Wildman–Crippen MR) is 176 cm³/mol. The van der Waals surface area contributed by atoms with E-state index < -0.39 is 26.7 Å². The Labute approximate surface area is 267 Å². The quantitative estimate of drug-likeness (QED) is 0.0907. The van der Waals surface area contributed by atoms with Gasteiger partial charge in [-0.25, -0.2) is 22.3 Å². The van der Waals surface area contributed by atoms with Gasteiger partial charge < -0.3 is 15.1 Å². The number of amides is 2. The van der Waals surface area contributed by atoms with E-state index in [0.29, 0.717) is 12.2 Å². The minimum atomic E-state index is -4.40. The summed E-state index contributed by atoms with van der Waals surface area (Å²) in [6, 6.07) is 18.6. The molecule has 0 fully saturated rings. The van der Waals surface area contributed by atoms with Crippen LogP contribution in [0.3, 0.4) is 0 Å². The zero-order valence-electron chi connectivity index (χ0n) is 25.3. The predicted octanol–water partition coefficient (Wildman–Crippen LogP) is 6.23. The van der Waals surface area contributed by atoms with Gasteiger partial charge in [-0.15, -0.1) is 11.8 Å². The molecular formula is C32H38FN5O5S2. The molecule has 2 N–H and O–H groups in total. The van der Waals surface area contributed by atoms with E-state index >= 15 is 0 Å². The van der Waals surface area contributed by atoms with Gasteiger partial charge >= 0.3 is 6.03 Å². The fraction of sp³-hybridized carbons (Fsp3) is 0.344. The Morgan fingerprint density at radius 3 is 2.47 bits per heavy atom. The molecule has 45 heavy (non-hydrogen) atoms. The van der Waals surface area contributed by atoms with Crippen molar-refractivity contribution in [2.24, 2.45) is 0 Å². The Morgan fingerprint density at radius 1 is 1.09 bits per heavy atom. The summed E-state index contributed by atoms with van der Waals surface area (Å²) in [7, 11) is -0.374. The number of hydrogen-bond acceptors (Lipinski definition) is 8. The van der Waals surface area contributed by atoms with Gasteiger partial charge in [0.15, 0.2) is 0 Å². The fourth-order valence-corrected chi connectivity index (χ4v) is 6.90. The Kier molecular flexibility index (Phi) is 12.0. The van der Waals surface area contributed by atoms with Crippen molar-refractivity contribution in [3.63, 3.8) is 0 Å². The van der Waals surface area contributed by atoms with Crippen molar-refractivity contribution in [3.05, 3.63) is 100 Å². The summed E-state index contributed by atoms with van der Waals surface area (Å²) in [6.07, 6.45) is 4.91. The van der Waals surface area contributed by atoms with Gasteiger partial charge in [0.2, 0.25) is 0 Å². The number of sulfonamides is 1. The first-order valence-corrected chi connectivity index (χ1v) is 17.1. The molecule has 0 saturated carbocycles. The van der Waals surface area contributed by atoms with Gasteiger partial charge in [0.05, 0.1) is 9.82 Å². The smallest absolute Gasteiger partial charge is 0.331 e. The maximum absolute atomic E-state index is 13.3. The highest BCUT2D eigenvalue weighted by molar-refractivity contribution is 7.99. The Balaban J connectivity index is 1.44. The van der Waals surface area contributed by atoms with Gasteiger partial charge in [0.1, 0.15) is 11.5 Å². The number of anilines is 1. The molecule has 1 aliphatic rings. The van der Waals surface area contributed by atoms with Crippen molar-refractivity contribution in [3.8, 4) is 0 Å². The molecule has 3 aromatic carbocycles. The Hall–Kier alpha value is -3.94. The summed E-state index contributed by atoms with van der Waals surface area (Å²) in [5.41, 5.74) is 1.59. The maximum Gasteiger partial charge on any atom is 0.331 e. The van der Waals surface area contributed by atoms with Crippen molar-refractivity contribution in [1.29, 1.82) is 0 Å². The highest BCUT2D eigenvalue weighted by atomic mass is 32.2. The van der Waals surface area contributed by atoms with E-state index in [1.165, 1.54) is 29.2 Å². The standard InChI is InChI=1S/C32H38FN5O5S2/c1-36(2)19-7-6-8-27(23-44-28-9-4-3-5-10-28)34-30-16-15-29(22-31(30)38(40)41)45(42,43)35-32(39)37-20-17-25(18-21-37)24-11-13-26(33)14-12-24/h3-5,9-17,22,27,34H,6-8,18-21,23H2,1-2H3,(H,35,39)/t27-/m1/s1. The van der Waals surface area contributed by atoms with Crippen molar-refractivity contribution in [1.82, 2.24) is 14.5 Å². The average molecular weight is 656 g/mol. The van der Waals surface area contributed by atoms with Gasteiger partial charge in [0, 0.05) is 35.8 Å². The van der Waals surface area contributed by atoms with E-state index in [0.717, 1.165) is 47.9 Å². The molecule has 0 bridgehead atoms. The molecule has 1 atom stereocenters. The number of carbonyl (C=O) groups is 1. The Morgan fingerprint density at radius 2 is 1.82 bits per heavy atom. The van der Waals surface area contributed by atoms with Crippen LogP contribution in [0.25, 0.3) is 5.57 Å². The van der Waals surface area contributed by atoms with Crippen molar-refractivity contribution in [2.45, 2.75) is 41.5 Å². The maximum atomic E-state index is 13.3. The minimum absolute atomic E-state index is 0.106. The third-order valence-corrected chi connectivity index (χ3v) is 9.86. The lowest BCUT2D eigenvalue weighted by Crippen LogP contribution is -2.44. The molecule has 0 aliphatic carbocycles. The molecule has 10 nitrogen and oxygen atoms in total. The van der Waals surface area contributed by atoms with E-state index in [1.54, 1.807) is 30.0 Å². The topological polar surface area (TPSA) is 125 Å². The molecule has 240 valence electrons. The summed E-state index contributed by atoms with van der Waals surface area (Å²) in [6.45, 7) is 1.35. The molecule has 13 heteroatoms. The second-order valence-electron chi connectivity index (χ2n) is 11.0. The number of halogens is 1. The van der Waals surface area contributed by atoms with Crippen LogP contribution in [0.15, 0.2) is 88.7 Å². The van der Waals surface area contributed by atoms with Crippen LogP contribution >= 0.6 is 11.8 Å². The summed E-state index contributed by atoms with van der Waals surface area (Å²) in [5, 5.41) is 15.4. The van der Waals surface area contributed by atoms with E-state index in [2.05, 4.69) is 10.2 Å². The van der Waals surface area contributed by atoms with Crippen LogP contribution in [0.1, 0.15) is 31.2 Å². The molecule has 0 aromatic heterocycles. The van der Waals surface area contributed by atoms with Crippen LogP contribution in [0.4, 0.5) is 20.6 Å². The fourth-order valence-electron chi connectivity index (χ4n) is 4.92. The number of thioether (sulfide) groups is 1. The van der Waals surface area contributed by atoms with Gasteiger partial charge in [-0.05, 0) is 87.4 Å². The lowest BCUT2D eigenvalue weighted by atomic mass is 10.00. The van der Waals surface area contributed by atoms with Gasteiger partial charge in [-0.2, -0.15) is 0 Å². The number of benzene rings is 3. The lowest BCUT2D eigenvalue weighted by Gasteiger charge is -2.26. The van der Waals surface area contributed by atoms with Crippen LogP contribution in [0, 0.1) is 15.9 Å². The summed E-state index contributed by atoms with van der Waals surface area (Å²) in [4.78, 5) is 28.5. The molecule has 0 spiro atoms. The number of unbranched alkanes of at least 4 members (excludes halogenated alkanes) is 1. The SMILES string of the molecule is CN(C)CCCC[C@H](CSc1ccccc1)Nc1ccc(S(=O)(=O)NC(=O)N2CC=C(c3ccc(F)cc3)CC2)cc1[N+](=O)[O-]. The van der Waals surface area contributed by atoms with Gasteiger partial charge in [-0.3, -0.25) is 10.1 Å². The summed E-state index contributed by atoms with van der Waals surface area (Å²) in [5.74, 6) is 0.315. The highest BCUT2D eigenvalue weighted by Gasteiger charge is 2.27. The average Bonchev–Trinajstić information content (AvgIpc) is 3.02. The summed E-state index contributed by atoms with van der Waals surface area (Å²) < 4.78 is 41.6. The molecule has 1 aliphatic heterocycles. The molecule has 3 aromatic rings. The zero-order valence-corrected chi connectivity index (χ0v) is 27.0. The largest absolute Gasteiger partial charge is 0.376 e. The molecule has 2 amide bonds. The second-order valence-corrected chi connectivity index (χ2v) is 13.8. The van der Waals surface area contributed by atoms with E-state index in [-0.39, 0.29) is 35.5 Å². The second kappa shape index (κ2) is 15.9. The highest BCUT2D eigenvalue weighted by Crippen LogP contribution is 2.30. The zero-order chi connectivity index (χ0) is 32.4. The molecule has 1 heterocycles. The van der Waals surface area contributed by atoms with Crippen LogP contribution in [-0.2, 0) is 10.0 Å².